The van der Waals surface area contributed by atoms with Gasteiger partial charge in [0.25, 0.3) is 11.8 Å². The lowest BCUT2D eigenvalue weighted by Crippen LogP contribution is -2.45. The summed E-state index contributed by atoms with van der Waals surface area (Å²) >= 11 is 24.1. The minimum atomic E-state index is -0.893. The Morgan fingerprint density at radius 3 is 2.12 bits per heavy atom. The average molecular weight is 538 g/mol. The first kappa shape index (κ1) is 24.5. The molecule has 0 bridgehead atoms. The van der Waals surface area contributed by atoms with E-state index in [-0.39, 0.29) is 13.2 Å². The third-order valence-electron chi connectivity index (χ3n) is 5.06. The Kier molecular flexibility index (Phi) is 7.76. The van der Waals surface area contributed by atoms with Crippen molar-refractivity contribution in [3.8, 4) is 0 Å². The van der Waals surface area contributed by atoms with Gasteiger partial charge in [-0.1, -0.05) is 81.9 Å². The molecule has 0 N–H and O–H groups in total. The Bertz CT molecular complexity index is 1280. The molecule has 10 heteroatoms. The number of carbonyl (C=O) groups excluding carboxylic acids is 2. The highest BCUT2D eigenvalue weighted by Crippen LogP contribution is 2.30. The van der Waals surface area contributed by atoms with Gasteiger partial charge in [0.15, 0.2) is 0 Å². The van der Waals surface area contributed by atoms with Gasteiger partial charge >= 0.3 is 0 Å². The number of benzene rings is 3. The van der Waals surface area contributed by atoms with Crippen LogP contribution < -0.4 is 0 Å². The van der Waals surface area contributed by atoms with Gasteiger partial charge in [0.2, 0.25) is 0 Å². The zero-order chi connectivity index (χ0) is 24.2. The maximum Gasteiger partial charge on any atom is 0.285 e. The maximum atomic E-state index is 13.2. The molecule has 1 aliphatic rings. The van der Waals surface area contributed by atoms with Crippen LogP contribution in [0.3, 0.4) is 0 Å². The summed E-state index contributed by atoms with van der Waals surface area (Å²) in [6.45, 7) is -0.0334. The van der Waals surface area contributed by atoms with E-state index in [9.17, 15) is 9.59 Å². The molecule has 0 fully saturated rings. The number of rotatable bonds is 7. The Balaban J connectivity index is 1.51. The van der Waals surface area contributed by atoms with Crippen LogP contribution in [0.2, 0.25) is 20.1 Å². The fraction of sp³-hybridized carbons (Fsp3) is 0.125. The fourth-order valence-electron chi connectivity index (χ4n) is 3.32. The van der Waals surface area contributed by atoms with Crippen molar-refractivity contribution in [3.05, 3.63) is 103 Å². The molecule has 2 amide bonds. The summed E-state index contributed by atoms with van der Waals surface area (Å²) in [6.07, 6.45) is 1.32. The largest absolute Gasteiger partial charge is 0.391 e. The smallest absolute Gasteiger partial charge is 0.285 e. The van der Waals surface area contributed by atoms with Crippen LogP contribution in [0.4, 0.5) is 0 Å². The van der Waals surface area contributed by atoms with Gasteiger partial charge in [0.05, 0.1) is 6.21 Å². The van der Waals surface area contributed by atoms with Gasteiger partial charge in [-0.3, -0.25) is 14.4 Å². The van der Waals surface area contributed by atoms with E-state index in [1.165, 1.54) is 6.21 Å². The number of fused-ring (bicyclic) bond motifs is 1. The van der Waals surface area contributed by atoms with Crippen LogP contribution in [0.25, 0.3) is 0 Å². The zero-order valence-electron chi connectivity index (χ0n) is 17.4. The predicted octanol–water partition coefficient (Wildman–Crippen LogP) is 6.70. The van der Waals surface area contributed by atoms with Gasteiger partial charge in [0.1, 0.15) is 19.1 Å². The van der Waals surface area contributed by atoms with Crippen molar-refractivity contribution in [1.29, 1.82) is 0 Å². The second kappa shape index (κ2) is 10.8. The van der Waals surface area contributed by atoms with Crippen LogP contribution in [0.5, 0.6) is 0 Å². The van der Waals surface area contributed by atoms with Crippen LogP contribution in [0.15, 0.2) is 65.8 Å². The van der Waals surface area contributed by atoms with E-state index in [0.29, 0.717) is 42.3 Å². The number of halogens is 4. The molecule has 174 valence electrons. The standard InChI is InChI=1S/C24H16Cl4N2O4/c25-16-7-5-14(21(27)9-16)12-33-29-11-20-18-3-1-2-4-19(18)23(31)30(24(20)32)34-13-15-6-8-17(26)10-22(15)28/h1-11,20H,12-13H2/b29-11+/t20-/m1/s1. The van der Waals surface area contributed by atoms with Crippen molar-refractivity contribution in [2.24, 2.45) is 5.16 Å². The Hall–Kier alpha value is -2.61. The molecule has 3 aromatic carbocycles. The van der Waals surface area contributed by atoms with Gasteiger partial charge in [-0.05, 0) is 41.5 Å². The first-order valence-electron chi connectivity index (χ1n) is 9.98. The van der Waals surface area contributed by atoms with Crippen molar-refractivity contribution >= 4 is 64.4 Å². The van der Waals surface area contributed by atoms with E-state index >= 15 is 0 Å². The second-order valence-electron chi connectivity index (χ2n) is 7.28. The Morgan fingerprint density at radius 2 is 1.47 bits per heavy atom. The lowest BCUT2D eigenvalue weighted by molar-refractivity contribution is -0.174. The Labute approximate surface area is 215 Å². The topological polar surface area (TPSA) is 68.2 Å². The first-order valence-corrected chi connectivity index (χ1v) is 11.5. The van der Waals surface area contributed by atoms with E-state index in [0.717, 1.165) is 5.06 Å². The molecular weight excluding hydrogens is 522 g/mol. The normalized spacial score (nSPS) is 15.6. The SMILES string of the molecule is O=C1c2ccccc2[C@@H](/C=N/OCc2ccc(Cl)cc2Cl)C(=O)N1OCc1ccc(Cl)cc1Cl. The monoisotopic (exact) mass is 536 g/mol. The van der Waals surface area contributed by atoms with Gasteiger partial charge in [-0.25, -0.2) is 0 Å². The third kappa shape index (κ3) is 5.37. The number of carbonyl (C=O) groups is 2. The van der Waals surface area contributed by atoms with E-state index in [2.05, 4.69) is 5.16 Å². The predicted molar refractivity (Wildman–Crippen MR) is 131 cm³/mol. The summed E-state index contributed by atoms with van der Waals surface area (Å²) < 4.78 is 0. The summed E-state index contributed by atoms with van der Waals surface area (Å²) in [6, 6.07) is 16.6. The maximum absolute atomic E-state index is 13.2. The number of nitrogens with zero attached hydrogens (tertiary/aromatic N) is 2. The van der Waals surface area contributed by atoms with Crippen molar-refractivity contribution in [1.82, 2.24) is 5.06 Å². The first-order chi connectivity index (χ1) is 16.3. The molecule has 0 aliphatic carbocycles. The van der Waals surface area contributed by atoms with Crippen molar-refractivity contribution in [2.75, 3.05) is 0 Å². The molecule has 0 radical (unpaired) electrons. The van der Waals surface area contributed by atoms with Crippen LogP contribution in [-0.4, -0.2) is 23.1 Å². The van der Waals surface area contributed by atoms with Gasteiger partial charge in [-0.15, -0.1) is 5.06 Å². The minimum Gasteiger partial charge on any atom is -0.391 e. The summed E-state index contributed by atoms with van der Waals surface area (Å²) in [4.78, 5) is 37.0. The van der Waals surface area contributed by atoms with Crippen molar-refractivity contribution < 1.29 is 19.3 Å². The summed E-state index contributed by atoms with van der Waals surface area (Å²) in [5.74, 6) is -2.08. The highest BCUT2D eigenvalue weighted by atomic mass is 35.5. The molecule has 34 heavy (non-hydrogen) atoms. The molecule has 3 aromatic rings. The van der Waals surface area contributed by atoms with E-state index in [1.54, 1.807) is 60.7 Å². The lowest BCUT2D eigenvalue weighted by atomic mass is 9.90. The molecule has 0 aromatic heterocycles. The lowest BCUT2D eigenvalue weighted by Gasteiger charge is -2.29. The van der Waals surface area contributed by atoms with E-state index < -0.39 is 17.7 Å². The molecule has 1 atom stereocenters. The molecule has 0 saturated heterocycles. The van der Waals surface area contributed by atoms with Crippen molar-refractivity contribution in [3.63, 3.8) is 0 Å². The van der Waals surface area contributed by atoms with Gasteiger partial charge in [0, 0.05) is 31.2 Å². The highest BCUT2D eigenvalue weighted by molar-refractivity contribution is 6.35. The van der Waals surface area contributed by atoms with Gasteiger partial charge in [-0.2, -0.15) is 0 Å². The van der Waals surface area contributed by atoms with Crippen LogP contribution in [0.1, 0.15) is 33.0 Å². The molecule has 0 saturated carbocycles. The number of amides is 2. The molecular formula is C24H16Cl4N2O4. The molecule has 1 aliphatic heterocycles. The van der Waals surface area contributed by atoms with E-state index in [1.807, 2.05) is 0 Å². The minimum absolute atomic E-state index is 0.0727. The second-order valence-corrected chi connectivity index (χ2v) is 8.96. The van der Waals surface area contributed by atoms with E-state index in [4.69, 9.17) is 56.1 Å². The molecule has 6 nitrogen and oxygen atoms in total. The zero-order valence-corrected chi connectivity index (χ0v) is 20.4. The highest BCUT2D eigenvalue weighted by Gasteiger charge is 2.39. The number of oxime groups is 1. The number of imide groups is 1. The third-order valence-corrected chi connectivity index (χ3v) is 6.23. The fourth-order valence-corrected chi connectivity index (χ4v) is 4.25. The quantitative estimate of drug-likeness (QED) is 0.191. The summed E-state index contributed by atoms with van der Waals surface area (Å²) in [7, 11) is 0. The summed E-state index contributed by atoms with van der Waals surface area (Å²) in [5, 5.41) is 6.42. The van der Waals surface area contributed by atoms with Gasteiger partial charge < -0.3 is 4.84 Å². The van der Waals surface area contributed by atoms with Crippen LogP contribution >= 0.6 is 46.4 Å². The average Bonchev–Trinajstić information content (AvgIpc) is 2.81. The van der Waals surface area contributed by atoms with Crippen LogP contribution in [0, 0.1) is 0 Å². The molecule has 4 rings (SSSR count). The summed E-state index contributed by atoms with van der Waals surface area (Å²) in [5.41, 5.74) is 2.07. The van der Waals surface area contributed by atoms with Crippen molar-refractivity contribution in [2.45, 2.75) is 19.1 Å². The molecule has 1 heterocycles. The van der Waals surface area contributed by atoms with Crippen LogP contribution in [-0.2, 0) is 27.7 Å². The number of hydrogen-bond donors (Lipinski definition) is 0. The molecule has 0 spiro atoms. The number of hydrogen-bond acceptors (Lipinski definition) is 5. The molecule has 0 unspecified atom stereocenters. The Morgan fingerprint density at radius 1 is 0.853 bits per heavy atom. The number of hydroxylamine groups is 2.